The maximum atomic E-state index is 15.0. The quantitative estimate of drug-likeness (QED) is 0.404. The second-order valence-corrected chi connectivity index (χ2v) is 9.15. The normalized spacial score (nSPS) is 14.5. The summed E-state index contributed by atoms with van der Waals surface area (Å²) in [5.74, 6) is -0.915. The molecule has 4 rings (SSSR count). The summed E-state index contributed by atoms with van der Waals surface area (Å²) in [6.45, 7) is 1.47. The topological polar surface area (TPSA) is 62.5 Å². The van der Waals surface area contributed by atoms with E-state index in [4.69, 9.17) is 16.0 Å². The summed E-state index contributed by atoms with van der Waals surface area (Å²) in [5, 5.41) is 6.59. The Morgan fingerprint density at radius 1 is 1.12 bits per heavy atom. The fourth-order valence-corrected chi connectivity index (χ4v) is 4.58. The van der Waals surface area contributed by atoms with Crippen molar-refractivity contribution in [1.29, 1.82) is 0 Å². The highest BCUT2D eigenvalue weighted by molar-refractivity contribution is 7.99. The first kappa shape index (κ1) is 24.5. The van der Waals surface area contributed by atoms with Crippen LogP contribution in [0, 0.1) is 11.6 Å². The number of alkyl halides is 2. The summed E-state index contributed by atoms with van der Waals surface area (Å²) in [5.41, 5.74) is 0.597. The molecule has 1 fully saturated rings. The van der Waals surface area contributed by atoms with Crippen LogP contribution in [0.25, 0.3) is 11.5 Å². The molecule has 2 aromatic carbocycles. The van der Waals surface area contributed by atoms with Crippen molar-refractivity contribution in [3.63, 3.8) is 0 Å². The lowest BCUT2D eigenvalue weighted by molar-refractivity contribution is -0.119. The van der Waals surface area contributed by atoms with Gasteiger partial charge in [0.25, 0.3) is 5.89 Å². The monoisotopic (exact) mass is 514 g/mol. The van der Waals surface area contributed by atoms with Gasteiger partial charge in [0.15, 0.2) is 0 Å². The van der Waals surface area contributed by atoms with Crippen LogP contribution in [0.5, 0.6) is 0 Å². The van der Waals surface area contributed by atoms with Crippen molar-refractivity contribution in [2.75, 3.05) is 36.0 Å². The first-order chi connectivity index (χ1) is 16.3. The lowest BCUT2D eigenvalue weighted by Gasteiger charge is -2.30. The fourth-order valence-electron chi connectivity index (χ4n) is 3.43. The predicted octanol–water partition coefficient (Wildman–Crippen LogP) is 5.19. The average molecular weight is 515 g/mol. The van der Waals surface area contributed by atoms with E-state index >= 15 is 0 Å². The molecule has 0 aliphatic carbocycles. The number of halogens is 5. The molecule has 0 spiro atoms. The van der Waals surface area contributed by atoms with Gasteiger partial charge in [-0.25, -0.2) is 8.78 Å². The van der Waals surface area contributed by atoms with E-state index in [0.717, 1.165) is 36.7 Å². The van der Waals surface area contributed by atoms with E-state index in [1.807, 2.05) is 16.7 Å². The van der Waals surface area contributed by atoms with Gasteiger partial charge in [-0.1, -0.05) is 17.7 Å². The van der Waals surface area contributed by atoms with Gasteiger partial charge in [-0.2, -0.15) is 20.5 Å². The second-order valence-electron chi connectivity index (χ2n) is 7.52. The van der Waals surface area contributed by atoms with Crippen molar-refractivity contribution in [2.24, 2.45) is 0 Å². The summed E-state index contributed by atoms with van der Waals surface area (Å²) in [4.78, 5) is 16.5. The molecule has 0 bridgehead atoms. The third kappa shape index (κ3) is 5.70. The number of carbonyl (C=O) groups is 1. The predicted molar refractivity (Wildman–Crippen MR) is 121 cm³/mol. The maximum absolute atomic E-state index is 15.0. The molecule has 2 heterocycles. The number of thioether (sulfide) groups is 1. The van der Waals surface area contributed by atoms with Gasteiger partial charge in [0.2, 0.25) is 11.8 Å². The highest BCUT2D eigenvalue weighted by Gasteiger charge is 2.23. The fraction of sp³-hybridized carbons (Fsp3) is 0.318. The Morgan fingerprint density at radius 2 is 1.88 bits per heavy atom. The van der Waals surface area contributed by atoms with E-state index in [1.54, 1.807) is 0 Å². The Morgan fingerprint density at radius 3 is 2.53 bits per heavy atom. The molecule has 1 aliphatic rings. The van der Waals surface area contributed by atoms with Gasteiger partial charge < -0.3 is 9.32 Å². The van der Waals surface area contributed by atoms with Crippen LogP contribution in [0.3, 0.4) is 0 Å². The second kappa shape index (κ2) is 10.7. The van der Waals surface area contributed by atoms with Crippen molar-refractivity contribution in [3.05, 3.63) is 64.5 Å². The molecule has 1 aromatic heterocycles. The van der Waals surface area contributed by atoms with Crippen LogP contribution in [0.2, 0.25) is 5.02 Å². The van der Waals surface area contributed by atoms with Crippen molar-refractivity contribution in [2.45, 2.75) is 13.0 Å². The number of nitrogens with zero attached hydrogens (tertiary/aromatic N) is 4. The number of anilines is 1. The first-order valence-electron chi connectivity index (χ1n) is 10.3. The number of amides is 1. The Labute approximate surface area is 201 Å². The highest BCUT2D eigenvalue weighted by Crippen LogP contribution is 2.28. The van der Waals surface area contributed by atoms with Crippen LogP contribution in [-0.2, 0) is 11.3 Å². The molecule has 0 N–H and O–H groups in total. The van der Waals surface area contributed by atoms with Crippen LogP contribution in [0.1, 0.15) is 17.9 Å². The Bertz CT molecular complexity index is 1170. The summed E-state index contributed by atoms with van der Waals surface area (Å²) in [6.07, 6.45) is -2.94. The van der Waals surface area contributed by atoms with Gasteiger partial charge in [-0.15, -0.1) is 10.2 Å². The zero-order valence-electron chi connectivity index (χ0n) is 17.7. The van der Waals surface area contributed by atoms with Gasteiger partial charge in [0.1, 0.15) is 11.6 Å². The summed E-state index contributed by atoms with van der Waals surface area (Å²) >= 11 is 7.73. The molecule has 180 valence electrons. The van der Waals surface area contributed by atoms with Crippen LogP contribution >= 0.6 is 23.4 Å². The minimum atomic E-state index is -2.94. The van der Waals surface area contributed by atoms with Crippen LogP contribution in [-0.4, -0.2) is 52.1 Å². The molecular weight excluding hydrogens is 496 g/mol. The summed E-state index contributed by atoms with van der Waals surface area (Å²) in [6, 6.07) is 7.77. The van der Waals surface area contributed by atoms with Gasteiger partial charge in [0.05, 0.1) is 18.1 Å². The highest BCUT2D eigenvalue weighted by atomic mass is 35.5. The van der Waals surface area contributed by atoms with E-state index in [2.05, 4.69) is 10.2 Å². The number of hydrogen-bond acceptors (Lipinski definition) is 6. The van der Waals surface area contributed by atoms with Crippen LogP contribution < -0.4 is 4.90 Å². The Balaban J connectivity index is 1.59. The molecule has 6 nitrogen and oxygen atoms in total. The van der Waals surface area contributed by atoms with E-state index < -0.39 is 24.0 Å². The minimum Gasteiger partial charge on any atom is -0.415 e. The van der Waals surface area contributed by atoms with Crippen LogP contribution in [0.15, 0.2) is 40.8 Å². The summed E-state index contributed by atoms with van der Waals surface area (Å²) < 4.78 is 58.9. The minimum absolute atomic E-state index is 0.119. The third-order valence-electron chi connectivity index (χ3n) is 5.23. The Kier molecular flexibility index (Phi) is 7.74. The molecule has 0 saturated carbocycles. The maximum Gasteiger partial charge on any atom is 0.314 e. The zero-order valence-corrected chi connectivity index (χ0v) is 19.3. The molecule has 1 amide bonds. The molecular formula is C22H19ClF4N4O2S. The van der Waals surface area contributed by atoms with Crippen molar-refractivity contribution in [1.82, 2.24) is 15.1 Å². The van der Waals surface area contributed by atoms with Crippen molar-refractivity contribution < 1.29 is 26.8 Å². The number of benzene rings is 2. The van der Waals surface area contributed by atoms with Crippen LogP contribution in [0.4, 0.5) is 23.2 Å². The molecule has 34 heavy (non-hydrogen) atoms. The van der Waals surface area contributed by atoms with E-state index in [1.165, 1.54) is 29.2 Å². The van der Waals surface area contributed by atoms with Crippen molar-refractivity contribution in [3.8, 4) is 11.5 Å². The van der Waals surface area contributed by atoms with Crippen molar-refractivity contribution >= 4 is 35.0 Å². The number of carbonyl (C=O) groups excluding carboxylic acids is 1. The molecule has 1 saturated heterocycles. The Hall–Kier alpha value is -2.63. The first-order valence-corrected chi connectivity index (χ1v) is 11.8. The number of rotatable bonds is 7. The standard InChI is InChI=1S/C22H19ClF4N4O2S/c23-16-10-15(3-4-17(16)24)31(19(32)12-30-5-7-34-8-6-30)11-14-2-1-13(9-18(14)25)21-28-29-22(33-21)20(26)27/h1-4,9-10,20H,5-8,11-12H2. The third-order valence-corrected chi connectivity index (χ3v) is 6.47. The smallest absolute Gasteiger partial charge is 0.314 e. The lowest BCUT2D eigenvalue weighted by atomic mass is 10.1. The molecule has 0 unspecified atom stereocenters. The number of hydrogen-bond donors (Lipinski definition) is 0. The molecule has 0 atom stereocenters. The molecule has 3 aromatic rings. The van der Waals surface area contributed by atoms with Gasteiger partial charge in [0, 0.05) is 41.4 Å². The SMILES string of the molecule is O=C(CN1CCSCC1)N(Cc1ccc(-c2nnc(C(F)F)o2)cc1F)c1ccc(F)c(Cl)c1. The van der Waals surface area contributed by atoms with Gasteiger partial charge in [-0.05, 0) is 30.3 Å². The van der Waals surface area contributed by atoms with Gasteiger partial charge in [-0.3, -0.25) is 9.69 Å². The van der Waals surface area contributed by atoms with Gasteiger partial charge >= 0.3 is 6.43 Å². The largest absolute Gasteiger partial charge is 0.415 e. The molecule has 1 aliphatic heterocycles. The van der Waals surface area contributed by atoms with E-state index in [9.17, 15) is 22.4 Å². The van der Waals surface area contributed by atoms with E-state index in [0.29, 0.717) is 5.69 Å². The molecule has 0 radical (unpaired) electrons. The summed E-state index contributed by atoms with van der Waals surface area (Å²) in [7, 11) is 0. The zero-order chi connectivity index (χ0) is 24.2. The number of aromatic nitrogens is 2. The average Bonchev–Trinajstić information content (AvgIpc) is 3.31. The molecule has 12 heteroatoms. The van der Waals surface area contributed by atoms with E-state index in [-0.39, 0.29) is 41.0 Å². The lowest BCUT2D eigenvalue weighted by Crippen LogP contribution is -2.43.